The van der Waals surface area contributed by atoms with Gasteiger partial charge in [-0.25, -0.2) is 0 Å². The topological polar surface area (TPSA) is 84.5 Å². The van der Waals surface area contributed by atoms with E-state index in [0.717, 1.165) is 12.8 Å². The van der Waals surface area contributed by atoms with Gasteiger partial charge < -0.3 is 10.6 Å². The summed E-state index contributed by atoms with van der Waals surface area (Å²) in [6.07, 6.45) is -1.35. The monoisotopic (exact) mass is 350 g/mol. The average Bonchev–Trinajstić information content (AvgIpc) is 3.24. The molecule has 1 saturated heterocycles. The number of alkyl halides is 3. The molecule has 2 rings (SSSR count). The lowest BCUT2D eigenvalue weighted by molar-refractivity contribution is -0.321. The Morgan fingerprint density at radius 2 is 2.00 bits per heavy atom. The van der Waals surface area contributed by atoms with E-state index in [-0.39, 0.29) is 24.7 Å². The summed E-state index contributed by atoms with van der Waals surface area (Å²) in [5.74, 6) is -1.48. The van der Waals surface area contributed by atoms with Gasteiger partial charge in [-0.2, -0.15) is 0 Å². The van der Waals surface area contributed by atoms with Crippen molar-refractivity contribution in [3.05, 3.63) is 0 Å². The number of Topliss-reactive ketones (excluding diaryl/α,β-unsaturated/α-hetero) is 1. The Kier molecular flexibility index (Phi) is 6.20. The van der Waals surface area contributed by atoms with Crippen molar-refractivity contribution in [2.45, 2.75) is 50.9 Å². The fourth-order valence-corrected chi connectivity index (χ4v) is 2.69. The molecule has 2 N–H and O–H groups in total. The first-order valence-electron chi connectivity index (χ1n) is 8.05. The molecule has 0 spiro atoms. The molecule has 1 aliphatic carbocycles. The van der Waals surface area contributed by atoms with Crippen molar-refractivity contribution in [3.8, 4) is 0 Å². The smallest absolute Gasteiger partial charge is 0.356 e. The summed E-state index contributed by atoms with van der Waals surface area (Å²) in [5.41, 5.74) is 0. The predicted octanol–water partition coefficient (Wildman–Crippen LogP) is 1.29. The molecule has 0 aromatic heterocycles. The van der Waals surface area contributed by atoms with E-state index >= 15 is 0 Å². The summed E-state index contributed by atoms with van der Waals surface area (Å²) in [4.78, 5) is 35.5. The normalized spacial score (nSPS) is 22.1. The van der Waals surface area contributed by atoms with Gasteiger partial charge in [0.15, 0.2) is 5.78 Å². The highest BCUT2D eigenvalue weighted by Gasteiger charge is 2.35. The van der Waals surface area contributed by atoms with Crippen molar-refractivity contribution in [2.24, 2.45) is 11.8 Å². The standard InChI is InChI=1S/C15H21F3N2O4/c16-15(17,18)24-8-12(21)11(7-10-5-6-19-14(10)23)20-13(22)4-3-9-1-2-9/h9-11H,1-8H2,(H,19,23)(H,20,22)/t10-,11-/m0/s1. The van der Waals surface area contributed by atoms with Crippen LogP contribution in [0.5, 0.6) is 0 Å². The zero-order chi connectivity index (χ0) is 17.7. The lowest BCUT2D eigenvalue weighted by Crippen LogP contribution is -2.45. The van der Waals surface area contributed by atoms with Crippen molar-refractivity contribution in [2.75, 3.05) is 13.2 Å². The molecule has 0 bridgehead atoms. The van der Waals surface area contributed by atoms with Crippen LogP contribution in [-0.4, -0.2) is 43.2 Å². The minimum absolute atomic E-state index is 0.0128. The van der Waals surface area contributed by atoms with Crippen LogP contribution in [0, 0.1) is 11.8 Å². The van der Waals surface area contributed by atoms with E-state index in [1.54, 1.807) is 0 Å². The van der Waals surface area contributed by atoms with Crippen LogP contribution >= 0.6 is 0 Å². The molecule has 0 unspecified atom stereocenters. The van der Waals surface area contributed by atoms with E-state index in [4.69, 9.17) is 0 Å². The van der Waals surface area contributed by atoms with Gasteiger partial charge in [-0.1, -0.05) is 12.8 Å². The predicted molar refractivity (Wildman–Crippen MR) is 76.6 cm³/mol. The molecule has 0 aromatic rings. The molecule has 0 radical (unpaired) electrons. The van der Waals surface area contributed by atoms with Gasteiger partial charge in [-0.3, -0.25) is 19.1 Å². The molecule has 6 nitrogen and oxygen atoms in total. The van der Waals surface area contributed by atoms with Gasteiger partial charge in [0, 0.05) is 18.9 Å². The van der Waals surface area contributed by atoms with E-state index < -0.39 is 30.7 Å². The maximum Gasteiger partial charge on any atom is 0.522 e. The van der Waals surface area contributed by atoms with Crippen LogP contribution in [0.3, 0.4) is 0 Å². The van der Waals surface area contributed by atoms with Crippen LogP contribution in [0.2, 0.25) is 0 Å². The van der Waals surface area contributed by atoms with E-state index in [9.17, 15) is 27.6 Å². The quantitative estimate of drug-likeness (QED) is 0.656. The Labute approximate surface area is 137 Å². The number of carbonyl (C=O) groups is 3. The van der Waals surface area contributed by atoms with Crippen LogP contribution in [0.25, 0.3) is 0 Å². The van der Waals surface area contributed by atoms with Gasteiger partial charge in [0.2, 0.25) is 11.8 Å². The van der Waals surface area contributed by atoms with Crippen molar-refractivity contribution in [1.82, 2.24) is 10.6 Å². The molecule has 136 valence electrons. The molecule has 0 aromatic carbocycles. The maximum absolute atomic E-state index is 12.1. The van der Waals surface area contributed by atoms with Crippen LogP contribution < -0.4 is 10.6 Å². The SMILES string of the molecule is O=C(CCC1CC1)N[C@@H](C[C@@H]1CCNC1=O)C(=O)COC(F)(F)F. The Morgan fingerprint density at radius 3 is 2.54 bits per heavy atom. The third kappa shape index (κ3) is 6.46. The highest BCUT2D eigenvalue weighted by atomic mass is 19.4. The number of ketones is 1. The second-order valence-corrected chi connectivity index (χ2v) is 6.32. The zero-order valence-corrected chi connectivity index (χ0v) is 13.2. The van der Waals surface area contributed by atoms with Crippen molar-refractivity contribution in [3.63, 3.8) is 0 Å². The molecule has 2 atom stereocenters. The Bertz CT molecular complexity index is 492. The van der Waals surface area contributed by atoms with E-state index in [1.165, 1.54) is 0 Å². The van der Waals surface area contributed by atoms with Gasteiger partial charge in [0.25, 0.3) is 0 Å². The first-order valence-corrected chi connectivity index (χ1v) is 8.05. The molecule has 24 heavy (non-hydrogen) atoms. The third-order valence-corrected chi connectivity index (χ3v) is 4.26. The minimum Gasteiger partial charge on any atom is -0.356 e. The van der Waals surface area contributed by atoms with Crippen LogP contribution in [0.15, 0.2) is 0 Å². The summed E-state index contributed by atoms with van der Waals surface area (Å²) >= 11 is 0. The minimum atomic E-state index is -4.92. The number of halogens is 3. The van der Waals surface area contributed by atoms with Crippen molar-refractivity contribution in [1.29, 1.82) is 0 Å². The summed E-state index contributed by atoms with van der Waals surface area (Å²) in [6, 6.07) is -1.15. The second-order valence-electron chi connectivity index (χ2n) is 6.32. The fourth-order valence-electron chi connectivity index (χ4n) is 2.69. The van der Waals surface area contributed by atoms with Crippen molar-refractivity contribution >= 4 is 17.6 Å². The van der Waals surface area contributed by atoms with Crippen LogP contribution in [0.4, 0.5) is 13.2 Å². The summed E-state index contributed by atoms with van der Waals surface area (Å²) < 4.78 is 39.9. The molecule has 2 aliphatic rings. The van der Waals surface area contributed by atoms with Gasteiger partial charge in [-0.15, -0.1) is 13.2 Å². The summed E-state index contributed by atoms with van der Waals surface area (Å²) in [6.45, 7) is -0.718. The van der Waals surface area contributed by atoms with E-state index in [2.05, 4.69) is 15.4 Å². The highest BCUT2D eigenvalue weighted by molar-refractivity contribution is 5.91. The molecular formula is C15H21F3N2O4. The molecule has 2 amide bonds. The largest absolute Gasteiger partial charge is 0.522 e. The zero-order valence-electron chi connectivity index (χ0n) is 13.2. The summed E-state index contributed by atoms with van der Waals surface area (Å²) in [5, 5.41) is 5.07. The number of rotatable bonds is 9. The van der Waals surface area contributed by atoms with Gasteiger partial charge in [0.05, 0.1) is 6.04 Å². The Hall–Kier alpha value is -1.64. The molecular weight excluding hydrogens is 329 g/mol. The Balaban J connectivity index is 1.89. The van der Waals surface area contributed by atoms with Gasteiger partial charge >= 0.3 is 6.36 Å². The fraction of sp³-hybridized carbons (Fsp3) is 0.800. The number of hydrogen-bond donors (Lipinski definition) is 2. The van der Waals surface area contributed by atoms with Gasteiger partial charge in [-0.05, 0) is 25.2 Å². The number of nitrogens with one attached hydrogen (secondary N) is 2. The molecule has 1 saturated carbocycles. The van der Waals surface area contributed by atoms with Gasteiger partial charge in [0.1, 0.15) is 6.61 Å². The first-order chi connectivity index (χ1) is 11.2. The number of amides is 2. The van der Waals surface area contributed by atoms with Crippen molar-refractivity contribution < 1.29 is 32.3 Å². The van der Waals surface area contributed by atoms with E-state index in [1.807, 2.05) is 0 Å². The second kappa shape index (κ2) is 7.96. The highest BCUT2D eigenvalue weighted by Crippen LogP contribution is 2.33. The number of carbonyl (C=O) groups excluding carboxylic acids is 3. The average molecular weight is 350 g/mol. The lowest BCUT2D eigenvalue weighted by Gasteiger charge is -2.20. The number of ether oxygens (including phenoxy) is 1. The van der Waals surface area contributed by atoms with E-state index in [0.29, 0.717) is 25.3 Å². The third-order valence-electron chi connectivity index (χ3n) is 4.26. The first kappa shape index (κ1) is 18.7. The molecule has 9 heteroatoms. The van der Waals surface area contributed by atoms with Crippen LogP contribution in [0.1, 0.15) is 38.5 Å². The Morgan fingerprint density at radius 1 is 1.29 bits per heavy atom. The summed E-state index contributed by atoms with van der Waals surface area (Å²) in [7, 11) is 0. The number of hydrogen-bond acceptors (Lipinski definition) is 4. The lowest BCUT2D eigenvalue weighted by atomic mass is 9.95. The molecule has 1 aliphatic heterocycles. The van der Waals surface area contributed by atoms with Crippen LogP contribution in [-0.2, 0) is 19.1 Å². The maximum atomic E-state index is 12.1. The molecule has 2 fully saturated rings. The molecule has 1 heterocycles.